The van der Waals surface area contributed by atoms with Crippen LogP contribution < -0.4 is 14.8 Å². The van der Waals surface area contributed by atoms with Crippen LogP contribution in [0.1, 0.15) is 18.7 Å². The molecule has 4 rings (SSSR count). The molecule has 2 heterocycles. The number of nitrogens with zero attached hydrogens (tertiary/aromatic N) is 3. The van der Waals surface area contributed by atoms with Crippen molar-refractivity contribution in [2.45, 2.75) is 18.3 Å². The standard InChI is InChI=1S/C19H17IN4O3S/c1-3-26-14-9-10(8-12(20)16(14)25)17-21-13-7-5-4-6-11(13)15-18(27-17)22-19(28-2)24-23-15/h4-9,17,21,25H,3H2,1-2H3/t17-/m1/s1. The first kappa shape index (κ1) is 19.1. The number of hydrogen-bond donors (Lipinski definition) is 2. The van der Waals surface area contributed by atoms with Gasteiger partial charge in [0.15, 0.2) is 23.4 Å². The van der Waals surface area contributed by atoms with Gasteiger partial charge >= 0.3 is 0 Å². The molecule has 1 aliphatic heterocycles. The molecule has 0 amide bonds. The quantitative estimate of drug-likeness (QED) is 0.394. The number of hydrogen-bond acceptors (Lipinski definition) is 8. The first-order chi connectivity index (χ1) is 13.6. The monoisotopic (exact) mass is 508 g/mol. The van der Waals surface area contributed by atoms with E-state index in [9.17, 15) is 5.11 Å². The number of fused-ring (bicyclic) bond motifs is 3. The highest BCUT2D eigenvalue weighted by Crippen LogP contribution is 2.41. The summed E-state index contributed by atoms with van der Waals surface area (Å²) in [6.45, 7) is 2.32. The van der Waals surface area contributed by atoms with Gasteiger partial charge in [0.05, 0.1) is 10.2 Å². The Labute approximate surface area is 180 Å². The van der Waals surface area contributed by atoms with Gasteiger partial charge in [0.1, 0.15) is 0 Å². The summed E-state index contributed by atoms with van der Waals surface area (Å²) in [5, 5.41) is 22.7. The Hall–Kier alpha value is -2.27. The normalized spacial score (nSPS) is 14.9. The van der Waals surface area contributed by atoms with Crippen LogP contribution in [0.25, 0.3) is 11.3 Å². The van der Waals surface area contributed by atoms with Gasteiger partial charge in [0, 0.05) is 16.8 Å². The minimum absolute atomic E-state index is 0.120. The van der Waals surface area contributed by atoms with Crippen LogP contribution in [0, 0.1) is 3.57 Å². The van der Waals surface area contributed by atoms with Crippen LogP contribution in [-0.2, 0) is 0 Å². The molecule has 9 heteroatoms. The molecule has 0 saturated heterocycles. The average molecular weight is 508 g/mol. The predicted octanol–water partition coefficient (Wildman–Crippen LogP) is 4.47. The highest BCUT2D eigenvalue weighted by molar-refractivity contribution is 14.1. The molecule has 144 valence electrons. The number of nitrogens with one attached hydrogen (secondary N) is 1. The second-order valence-corrected chi connectivity index (χ2v) is 7.86. The van der Waals surface area contributed by atoms with E-state index in [-0.39, 0.29) is 5.75 Å². The third-order valence-electron chi connectivity index (χ3n) is 4.17. The van der Waals surface area contributed by atoms with Gasteiger partial charge in [0.25, 0.3) is 0 Å². The van der Waals surface area contributed by atoms with Gasteiger partial charge in [-0.3, -0.25) is 0 Å². The van der Waals surface area contributed by atoms with Gasteiger partial charge in [-0.15, -0.1) is 10.2 Å². The largest absolute Gasteiger partial charge is 0.504 e. The molecule has 0 bridgehead atoms. The Morgan fingerprint density at radius 2 is 2.11 bits per heavy atom. The molecule has 1 aromatic heterocycles. The topological polar surface area (TPSA) is 89.4 Å². The van der Waals surface area contributed by atoms with E-state index in [1.54, 1.807) is 6.07 Å². The number of halogens is 1. The molecule has 1 atom stereocenters. The molecule has 0 fully saturated rings. The van der Waals surface area contributed by atoms with E-state index >= 15 is 0 Å². The Morgan fingerprint density at radius 1 is 1.29 bits per heavy atom. The number of phenols is 1. The van der Waals surface area contributed by atoms with Crippen LogP contribution in [0.5, 0.6) is 17.4 Å². The lowest BCUT2D eigenvalue weighted by Crippen LogP contribution is -2.17. The molecule has 2 aromatic carbocycles. The fourth-order valence-electron chi connectivity index (χ4n) is 2.90. The van der Waals surface area contributed by atoms with Gasteiger partial charge in [-0.05, 0) is 54.0 Å². The fourth-order valence-corrected chi connectivity index (χ4v) is 3.82. The number of aromatic nitrogens is 3. The zero-order valence-electron chi connectivity index (χ0n) is 15.1. The molecule has 2 N–H and O–H groups in total. The highest BCUT2D eigenvalue weighted by atomic mass is 127. The lowest BCUT2D eigenvalue weighted by molar-refractivity contribution is 0.224. The van der Waals surface area contributed by atoms with E-state index in [1.807, 2.05) is 43.5 Å². The van der Waals surface area contributed by atoms with Crippen LogP contribution in [0.4, 0.5) is 5.69 Å². The summed E-state index contributed by atoms with van der Waals surface area (Å²) in [6, 6.07) is 11.4. The van der Waals surface area contributed by atoms with E-state index in [2.05, 4.69) is 43.1 Å². The molecule has 28 heavy (non-hydrogen) atoms. The second-order valence-electron chi connectivity index (χ2n) is 5.92. The average Bonchev–Trinajstić information content (AvgIpc) is 2.87. The Kier molecular flexibility index (Phi) is 5.44. The molecule has 0 radical (unpaired) electrons. The molecule has 3 aromatic rings. The van der Waals surface area contributed by atoms with Crippen LogP contribution in [-0.4, -0.2) is 33.2 Å². The van der Waals surface area contributed by atoms with Crippen LogP contribution in [0.3, 0.4) is 0 Å². The van der Waals surface area contributed by atoms with E-state index in [0.29, 0.717) is 32.7 Å². The van der Waals surface area contributed by atoms with E-state index in [1.165, 1.54) is 11.8 Å². The van der Waals surface area contributed by atoms with Crippen molar-refractivity contribution >= 4 is 40.0 Å². The van der Waals surface area contributed by atoms with Gasteiger partial charge < -0.3 is 19.9 Å². The van der Waals surface area contributed by atoms with Gasteiger partial charge in [-0.2, -0.15) is 4.98 Å². The summed E-state index contributed by atoms with van der Waals surface area (Å²) < 4.78 is 12.5. The minimum Gasteiger partial charge on any atom is -0.504 e. The van der Waals surface area contributed by atoms with E-state index < -0.39 is 6.23 Å². The Bertz CT molecular complexity index is 1030. The SMILES string of the molecule is CCOc1cc([C@@H]2Nc3ccccc3-c3nnc(SC)nc3O2)cc(I)c1O. The van der Waals surface area contributed by atoms with E-state index in [0.717, 1.165) is 16.8 Å². The molecule has 0 saturated carbocycles. The highest BCUT2D eigenvalue weighted by Gasteiger charge is 2.27. The molecule has 0 unspecified atom stereocenters. The van der Waals surface area contributed by atoms with Crippen molar-refractivity contribution in [3.63, 3.8) is 0 Å². The summed E-state index contributed by atoms with van der Waals surface area (Å²) >= 11 is 3.48. The van der Waals surface area contributed by atoms with Crippen molar-refractivity contribution in [1.82, 2.24) is 15.2 Å². The molecule has 7 nitrogen and oxygen atoms in total. The first-order valence-corrected chi connectivity index (χ1v) is 10.9. The first-order valence-electron chi connectivity index (χ1n) is 8.57. The number of para-hydroxylation sites is 1. The summed E-state index contributed by atoms with van der Waals surface area (Å²) in [7, 11) is 0. The van der Waals surface area contributed by atoms with Gasteiger partial charge in [0.2, 0.25) is 11.0 Å². The summed E-state index contributed by atoms with van der Waals surface area (Å²) in [5.41, 5.74) is 3.12. The van der Waals surface area contributed by atoms with Crippen molar-refractivity contribution in [3.8, 4) is 28.6 Å². The van der Waals surface area contributed by atoms with Crippen molar-refractivity contribution < 1.29 is 14.6 Å². The summed E-state index contributed by atoms with van der Waals surface area (Å²) in [6.07, 6.45) is 1.35. The third kappa shape index (κ3) is 3.55. The molecule has 0 spiro atoms. The smallest absolute Gasteiger partial charge is 0.247 e. The van der Waals surface area contributed by atoms with E-state index in [4.69, 9.17) is 9.47 Å². The maximum Gasteiger partial charge on any atom is 0.247 e. The number of aromatic hydroxyl groups is 1. The van der Waals surface area contributed by atoms with Crippen molar-refractivity contribution in [1.29, 1.82) is 0 Å². The number of phenolic OH excluding ortho intramolecular Hbond substituents is 1. The minimum atomic E-state index is -0.540. The fraction of sp³-hybridized carbons (Fsp3) is 0.211. The van der Waals surface area contributed by atoms with Crippen molar-refractivity contribution in [3.05, 3.63) is 45.5 Å². The number of thioether (sulfide) groups is 1. The second kappa shape index (κ2) is 8.00. The zero-order chi connectivity index (χ0) is 19.7. The number of benzene rings is 2. The van der Waals surface area contributed by atoms with Crippen LogP contribution >= 0.6 is 34.4 Å². The molecular formula is C19H17IN4O3S. The third-order valence-corrected chi connectivity index (χ3v) is 5.53. The van der Waals surface area contributed by atoms with Crippen molar-refractivity contribution in [2.24, 2.45) is 0 Å². The lowest BCUT2D eigenvalue weighted by atomic mass is 10.1. The molecule has 0 aliphatic carbocycles. The maximum absolute atomic E-state index is 10.3. The number of anilines is 1. The van der Waals surface area contributed by atoms with Gasteiger partial charge in [-0.25, -0.2) is 0 Å². The number of ether oxygens (including phenoxy) is 2. The summed E-state index contributed by atoms with van der Waals surface area (Å²) in [4.78, 5) is 4.51. The van der Waals surface area contributed by atoms with Gasteiger partial charge in [-0.1, -0.05) is 30.0 Å². The van der Waals surface area contributed by atoms with Crippen LogP contribution in [0.2, 0.25) is 0 Å². The Balaban J connectivity index is 1.84. The molecular weight excluding hydrogens is 491 g/mol. The number of rotatable bonds is 4. The molecule has 1 aliphatic rings. The van der Waals surface area contributed by atoms with Crippen molar-refractivity contribution in [2.75, 3.05) is 18.2 Å². The van der Waals surface area contributed by atoms with Crippen LogP contribution in [0.15, 0.2) is 41.6 Å². The zero-order valence-corrected chi connectivity index (χ0v) is 18.1. The predicted molar refractivity (Wildman–Crippen MR) is 116 cm³/mol. The summed E-state index contributed by atoms with van der Waals surface area (Å²) in [5.74, 6) is 0.940. The lowest BCUT2D eigenvalue weighted by Gasteiger charge is -2.21. The maximum atomic E-state index is 10.3. The Morgan fingerprint density at radius 3 is 2.89 bits per heavy atom.